The third kappa shape index (κ3) is 4.51. The highest BCUT2D eigenvalue weighted by Crippen LogP contribution is 2.15. The largest absolute Gasteiger partial charge is 0.312 e. The van der Waals surface area contributed by atoms with Gasteiger partial charge in [-0.3, -0.25) is 0 Å². The number of nitrogens with zero attached hydrogens (tertiary/aromatic N) is 2. The molecule has 0 aromatic heterocycles. The van der Waals surface area contributed by atoms with Gasteiger partial charge in [0, 0.05) is 12.6 Å². The van der Waals surface area contributed by atoms with Crippen LogP contribution in [0.15, 0.2) is 0 Å². The van der Waals surface area contributed by atoms with Crippen molar-refractivity contribution in [2.75, 3.05) is 26.2 Å². The molecule has 1 aliphatic heterocycles. The van der Waals surface area contributed by atoms with Crippen LogP contribution in [0.1, 0.15) is 40.0 Å². The van der Waals surface area contributed by atoms with Crippen molar-refractivity contribution in [3.8, 4) is 6.07 Å². The molecule has 0 aliphatic carbocycles. The number of rotatable bonds is 4. The fourth-order valence-electron chi connectivity index (χ4n) is 2.12. The van der Waals surface area contributed by atoms with Crippen molar-refractivity contribution in [3.05, 3.63) is 0 Å². The molecule has 1 N–H and O–H groups in total. The molecule has 1 unspecified atom stereocenters. The zero-order valence-corrected chi connectivity index (χ0v) is 10.9. The Labute approximate surface area is 99.8 Å². The average molecular weight is 223 g/mol. The van der Waals surface area contributed by atoms with E-state index in [9.17, 15) is 0 Å². The lowest BCUT2D eigenvalue weighted by molar-refractivity contribution is 0.295. The van der Waals surface area contributed by atoms with Gasteiger partial charge in [-0.05, 0) is 52.7 Å². The highest BCUT2D eigenvalue weighted by atomic mass is 15.1. The quantitative estimate of drug-likeness (QED) is 0.792. The van der Waals surface area contributed by atoms with Gasteiger partial charge in [0.05, 0.1) is 11.5 Å². The summed E-state index contributed by atoms with van der Waals surface area (Å²) in [4.78, 5) is 2.51. The van der Waals surface area contributed by atoms with Gasteiger partial charge in [-0.2, -0.15) is 5.26 Å². The molecule has 1 saturated heterocycles. The van der Waals surface area contributed by atoms with Crippen LogP contribution in [0, 0.1) is 16.7 Å². The second-order valence-electron chi connectivity index (χ2n) is 5.44. The van der Waals surface area contributed by atoms with Gasteiger partial charge in [0.25, 0.3) is 0 Å². The number of likely N-dealkylation sites (tertiary alicyclic amines) is 1. The molecule has 92 valence electrons. The van der Waals surface area contributed by atoms with Gasteiger partial charge in [-0.15, -0.1) is 0 Å². The minimum absolute atomic E-state index is 0.239. The standard InChI is InChI=1S/C13H25N3/c1-4-16-8-5-6-12(7-9-16)15-11-13(2,3)10-14/h12,15H,4-9,11H2,1-3H3. The zero-order valence-electron chi connectivity index (χ0n) is 10.9. The maximum atomic E-state index is 8.96. The van der Waals surface area contributed by atoms with Crippen LogP contribution in [0.25, 0.3) is 0 Å². The predicted molar refractivity (Wildman–Crippen MR) is 67.1 cm³/mol. The Morgan fingerprint density at radius 1 is 1.38 bits per heavy atom. The summed E-state index contributed by atoms with van der Waals surface area (Å²) in [7, 11) is 0. The summed E-state index contributed by atoms with van der Waals surface area (Å²) in [5, 5.41) is 12.5. The molecule has 0 aromatic rings. The highest BCUT2D eigenvalue weighted by Gasteiger charge is 2.20. The van der Waals surface area contributed by atoms with Crippen LogP contribution in [0.2, 0.25) is 0 Å². The smallest absolute Gasteiger partial charge is 0.0697 e. The second-order valence-corrected chi connectivity index (χ2v) is 5.44. The molecule has 1 aliphatic rings. The number of nitrogens with one attached hydrogen (secondary N) is 1. The monoisotopic (exact) mass is 223 g/mol. The molecule has 1 fully saturated rings. The van der Waals surface area contributed by atoms with Crippen molar-refractivity contribution < 1.29 is 0 Å². The summed E-state index contributed by atoms with van der Waals surface area (Å²) >= 11 is 0. The Morgan fingerprint density at radius 2 is 2.12 bits per heavy atom. The predicted octanol–water partition coefficient (Wildman–Crippen LogP) is 2.00. The first-order chi connectivity index (χ1) is 7.57. The van der Waals surface area contributed by atoms with E-state index in [0.717, 1.165) is 13.1 Å². The average Bonchev–Trinajstić information content (AvgIpc) is 2.51. The minimum Gasteiger partial charge on any atom is -0.312 e. The molecule has 0 saturated carbocycles. The molecule has 0 radical (unpaired) electrons. The van der Waals surface area contributed by atoms with Gasteiger partial charge >= 0.3 is 0 Å². The number of nitriles is 1. The third-order valence-electron chi connectivity index (χ3n) is 3.40. The zero-order chi connectivity index (χ0) is 12.0. The van der Waals surface area contributed by atoms with Crippen molar-refractivity contribution in [2.24, 2.45) is 5.41 Å². The topological polar surface area (TPSA) is 39.1 Å². The summed E-state index contributed by atoms with van der Waals surface area (Å²) in [6.07, 6.45) is 3.74. The van der Waals surface area contributed by atoms with Gasteiger partial charge in [0.2, 0.25) is 0 Å². The Hall–Kier alpha value is -0.590. The number of hydrogen-bond acceptors (Lipinski definition) is 3. The van der Waals surface area contributed by atoms with E-state index in [1.807, 2.05) is 13.8 Å². The molecule has 1 rings (SSSR count). The SMILES string of the molecule is CCN1CCCC(NCC(C)(C)C#N)CC1. The van der Waals surface area contributed by atoms with Gasteiger partial charge in [0.15, 0.2) is 0 Å². The summed E-state index contributed by atoms with van der Waals surface area (Å²) in [5.74, 6) is 0. The second kappa shape index (κ2) is 6.22. The van der Waals surface area contributed by atoms with Crippen LogP contribution in [0.4, 0.5) is 0 Å². The van der Waals surface area contributed by atoms with Crippen molar-refractivity contribution in [1.29, 1.82) is 5.26 Å². The van der Waals surface area contributed by atoms with Crippen molar-refractivity contribution >= 4 is 0 Å². The summed E-state index contributed by atoms with van der Waals surface area (Å²) in [6.45, 7) is 10.6. The molecule has 16 heavy (non-hydrogen) atoms. The van der Waals surface area contributed by atoms with E-state index >= 15 is 0 Å². The first kappa shape index (κ1) is 13.5. The van der Waals surface area contributed by atoms with Crippen molar-refractivity contribution in [2.45, 2.75) is 46.1 Å². The molecule has 0 amide bonds. The summed E-state index contributed by atoms with van der Waals surface area (Å²) in [6, 6.07) is 2.94. The third-order valence-corrected chi connectivity index (χ3v) is 3.40. The van der Waals surface area contributed by atoms with Crippen LogP contribution in [0.5, 0.6) is 0 Å². The molecule has 3 nitrogen and oxygen atoms in total. The Morgan fingerprint density at radius 3 is 2.75 bits per heavy atom. The fourth-order valence-corrected chi connectivity index (χ4v) is 2.12. The van der Waals surface area contributed by atoms with E-state index in [1.54, 1.807) is 0 Å². The van der Waals surface area contributed by atoms with Crippen LogP contribution < -0.4 is 5.32 Å². The van der Waals surface area contributed by atoms with Gasteiger partial charge in [-0.25, -0.2) is 0 Å². The van der Waals surface area contributed by atoms with Crippen molar-refractivity contribution in [1.82, 2.24) is 10.2 Å². The molecular weight excluding hydrogens is 198 g/mol. The molecule has 1 heterocycles. The Bertz CT molecular complexity index is 242. The molecule has 0 spiro atoms. The van der Waals surface area contributed by atoms with Crippen LogP contribution in [-0.2, 0) is 0 Å². The lowest BCUT2D eigenvalue weighted by atomic mass is 9.95. The first-order valence-corrected chi connectivity index (χ1v) is 6.44. The van der Waals surface area contributed by atoms with E-state index in [0.29, 0.717) is 6.04 Å². The summed E-state index contributed by atoms with van der Waals surface area (Å²) in [5.41, 5.74) is -0.239. The Balaban J connectivity index is 2.31. The van der Waals surface area contributed by atoms with E-state index in [2.05, 4.69) is 23.2 Å². The normalized spacial score (nSPS) is 23.8. The molecular formula is C13H25N3. The van der Waals surface area contributed by atoms with Crippen molar-refractivity contribution in [3.63, 3.8) is 0 Å². The fraction of sp³-hybridized carbons (Fsp3) is 0.923. The highest BCUT2D eigenvalue weighted by molar-refractivity contribution is 4.94. The Kier molecular flexibility index (Phi) is 5.24. The summed E-state index contributed by atoms with van der Waals surface area (Å²) < 4.78 is 0. The van der Waals surface area contributed by atoms with E-state index in [4.69, 9.17) is 5.26 Å². The lowest BCUT2D eigenvalue weighted by Crippen LogP contribution is -2.37. The molecule has 1 atom stereocenters. The van der Waals surface area contributed by atoms with Gasteiger partial charge in [0.1, 0.15) is 0 Å². The maximum absolute atomic E-state index is 8.96. The van der Waals surface area contributed by atoms with E-state index in [1.165, 1.54) is 32.4 Å². The van der Waals surface area contributed by atoms with Crippen LogP contribution >= 0.6 is 0 Å². The van der Waals surface area contributed by atoms with Gasteiger partial charge in [-0.1, -0.05) is 6.92 Å². The number of hydrogen-bond donors (Lipinski definition) is 1. The van der Waals surface area contributed by atoms with Crippen LogP contribution in [-0.4, -0.2) is 37.1 Å². The lowest BCUT2D eigenvalue weighted by Gasteiger charge is -2.22. The first-order valence-electron chi connectivity index (χ1n) is 6.44. The molecule has 0 bridgehead atoms. The minimum atomic E-state index is -0.239. The van der Waals surface area contributed by atoms with Gasteiger partial charge < -0.3 is 10.2 Å². The molecule has 0 aromatic carbocycles. The maximum Gasteiger partial charge on any atom is 0.0697 e. The molecule has 3 heteroatoms. The van der Waals surface area contributed by atoms with E-state index < -0.39 is 0 Å². The van der Waals surface area contributed by atoms with Crippen LogP contribution in [0.3, 0.4) is 0 Å². The van der Waals surface area contributed by atoms with E-state index in [-0.39, 0.29) is 5.41 Å².